The number of nitrogens with one attached hydrogen (secondary N) is 2. The highest BCUT2D eigenvalue weighted by atomic mass is 35.5. The van der Waals surface area contributed by atoms with Gasteiger partial charge in [-0.15, -0.1) is 4.83 Å². The number of hydrogen-bond donors (Lipinski definition) is 2. The van der Waals surface area contributed by atoms with Crippen molar-refractivity contribution in [2.24, 2.45) is 0 Å². The molecule has 0 aliphatic heterocycles. The number of benzene rings is 2. The van der Waals surface area contributed by atoms with E-state index in [1.165, 1.54) is 25.1 Å². The van der Waals surface area contributed by atoms with Crippen LogP contribution in [0.15, 0.2) is 41.3 Å². The summed E-state index contributed by atoms with van der Waals surface area (Å²) in [5.41, 5.74) is 4.06. The minimum atomic E-state index is -4.00. The Morgan fingerprint density at radius 1 is 1.12 bits per heavy atom. The Hall–Kier alpha value is -1.80. The highest BCUT2D eigenvalue weighted by Crippen LogP contribution is 2.24. The summed E-state index contributed by atoms with van der Waals surface area (Å²) in [6.07, 6.45) is -0.910. The van der Waals surface area contributed by atoms with Crippen LogP contribution in [0.5, 0.6) is 5.75 Å². The van der Waals surface area contributed by atoms with Crippen LogP contribution in [-0.4, -0.2) is 20.4 Å². The van der Waals surface area contributed by atoms with Crippen LogP contribution >= 0.6 is 23.2 Å². The van der Waals surface area contributed by atoms with Gasteiger partial charge in [0.1, 0.15) is 5.75 Å². The van der Waals surface area contributed by atoms with E-state index in [9.17, 15) is 13.2 Å². The molecule has 0 saturated carbocycles. The molecule has 140 valence electrons. The fourth-order valence-electron chi connectivity index (χ4n) is 2.02. The van der Waals surface area contributed by atoms with Gasteiger partial charge in [0.05, 0.1) is 14.9 Å². The van der Waals surface area contributed by atoms with E-state index >= 15 is 0 Å². The van der Waals surface area contributed by atoms with Crippen molar-refractivity contribution in [1.29, 1.82) is 0 Å². The van der Waals surface area contributed by atoms with Crippen molar-refractivity contribution in [2.75, 3.05) is 0 Å². The summed E-state index contributed by atoms with van der Waals surface area (Å²) in [6.45, 7) is 5.32. The van der Waals surface area contributed by atoms with Crippen molar-refractivity contribution >= 4 is 39.1 Å². The highest BCUT2D eigenvalue weighted by molar-refractivity contribution is 7.89. The summed E-state index contributed by atoms with van der Waals surface area (Å²) in [5, 5.41) is 0.317. The smallest absolute Gasteiger partial charge is 0.275 e. The van der Waals surface area contributed by atoms with Crippen LogP contribution in [0, 0.1) is 13.8 Å². The third kappa shape index (κ3) is 4.88. The van der Waals surface area contributed by atoms with E-state index in [1.807, 2.05) is 30.8 Å². The Morgan fingerprint density at radius 3 is 2.46 bits per heavy atom. The number of ether oxygens (including phenoxy) is 1. The largest absolute Gasteiger partial charge is 0.481 e. The van der Waals surface area contributed by atoms with Crippen LogP contribution in [-0.2, 0) is 14.8 Å². The number of sulfonamides is 1. The molecule has 6 nitrogen and oxygen atoms in total. The maximum absolute atomic E-state index is 12.2. The van der Waals surface area contributed by atoms with E-state index in [1.54, 1.807) is 6.07 Å². The van der Waals surface area contributed by atoms with Crippen molar-refractivity contribution in [3.05, 3.63) is 57.6 Å². The van der Waals surface area contributed by atoms with E-state index in [0.717, 1.165) is 11.1 Å². The number of hydrogen-bond acceptors (Lipinski definition) is 4. The number of carbonyl (C=O) groups is 1. The predicted molar refractivity (Wildman–Crippen MR) is 101 cm³/mol. The standard InChI is InChI=1S/C17H18Cl2N2O4S/c1-10-5-4-6-16(11(10)2)25-12(3)17(22)20-21-26(23,24)13-7-8-14(18)15(19)9-13/h4-9,12,21H,1-3H3,(H,20,22)/t12-/m1/s1. The van der Waals surface area contributed by atoms with Gasteiger partial charge >= 0.3 is 0 Å². The molecule has 0 bridgehead atoms. The predicted octanol–water partition coefficient (Wildman–Crippen LogP) is 3.39. The second-order valence-electron chi connectivity index (χ2n) is 5.63. The Kier molecular flexibility index (Phi) is 6.52. The maximum Gasteiger partial charge on any atom is 0.275 e. The molecule has 0 heterocycles. The number of rotatable bonds is 6. The molecule has 0 fully saturated rings. The number of halogens is 2. The third-order valence-electron chi connectivity index (χ3n) is 3.74. The molecule has 1 atom stereocenters. The molecule has 2 aromatic rings. The molecule has 0 radical (unpaired) electrons. The van der Waals surface area contributed by atoms with Crippen LogP contribution in [0.3, 0.4) is 0 Å². The van der Waals surface area contributed by atoms with Gasteiger partial charge in [-0.2, -0.15) is 0 Å². The van der Waals surface area contributed by atoms with Gasteiger partial charge in [0, 0.05) is 0 Å². The second-order valence-corrected chi connectivity index (χ2v) is 8.13. The lowest BCUT2D eigenvalue weighted by molar-refractivity contribution is -0.127. The lowest BCUT2D eigenvalue weighted by Gasteiger charge is -2.17. The van der Waals surface area contributed by atoms with Crippen molar-refractivity contribution in [2.45, 2.75) is 31.8 Å². The first kappa shape index (κ1) is 20.5. The third-order valence-corrected chi connectivity index (χ3v) is 5.72. The fourth-order valence-corrected chi connectivity index (χ4v) is 3.25. The zero-order valence-electron chi connectivity index (χ0n) is 14.3. The zero-order valence-corrected chi connectivity index (χ0v) is 16.7. The number of amides is 1. The van der Waals surface area contributed by atoms with Crippen LogP contribution < -0.4 is 15.0 Å². The summed E-state index contributed by atoms with van der Waals surface area (Å²) >= 11 is 11.6. The average Bonchev–Trinajstić information content (AvgIpc) is 2.59. The minimum absolute atomic E-state index is 0.0903. The summed E-state index contributed by atoms with van der Waals surface area (Å²) in [4.78, 5) is 14.0. The molecule has 0 aromatic heterocycles. The molecule has 26 heavy (non-hydrogen) atoms. The molecule has 2 rings (SSSR count). The quantitative estimate of drug-likeness (QED) is 0.706. The van der Waals surface area contributed by atoms with Gasteiger partial charge in [0.15, 0.2) is 6.10 Å². The molecule has 2 N–H and O–H groups in total. The van der Waals surface area contributed by atoms with Gasteiger partial charge in [-0.05, 0) is 56.2 Å². The Bertz CT molecular complexity index is 932. The first-order valence-electron chi connectivity index (χ1n) is 7.61. The summed E-state index contributed by atoms with van der Waals surface area (Å²) in [6, 6.07) is 9.30. The molecule has 0 unspecified atom stereocenters. The normalized spacial score (nSPS) is 12.5. The maximum atomic E-state index is 12.2. The zero-order chi connectivity index (χ0) is 19.5. The van der Waals surface area contributed by atoms with Crippen molar-refractivity contribution in [3.63, 3.8) is 0 Å². The fraction of sp³-hybridized carbons (Fsp3) is 0.235. The molecule has 2 aromatic carbocycles. The first-order chi connectivity index (χ1) is 12.1. The topological polar surface area (TPSA) is 84.5 Å². The van der Waals surface area contributed by atoms with E-state index in [0.29, 0.717) is 5.75 Å². The van der Waals surface area contributed by atoms with Gasteiger partial charge < -0.3 is 4.74 Å². The Balaban J connectivity index is 2.02. The van der Waals surface area contributed by atoms with Gasteiger partial charge in [0.2, 0.25) is 0 Å². The number of carbonyl (C=O) groups excluding carboxylic acids is 1. The van der Waals surface area contributed by atoms with Crippen molar-refractivity contribution in [1.82, 2.24) is 10.3 Å². The Labute approximate surface area is 162 Å². The minimum Gasteiger partial charge on any atom is -0.481 e. The van der Waals surface area contributed by atoms with Crippen LogP contribution in [0.4, 0.5) is 0 Å². The van der Waals surface area contributed by atoms with Crippen LogP contribution in [0.25, 0.3) is 0 Å². The molecule has 0 spiro atoms. The van der Waals surface area contributed by atoms with Gasteiger partial charge in [0.25, 0.3) is 15.9 Å². The molecule has 9 heteroatoms. The summed E-state index contributed by atoms with van der Waals surface area (Å²) < 4.78 is 30.0. The second kappa shape index (κ2) is 8.26. The molecular weight excluding hydrogens is 399 g/mol. The molecule has 0 aliphatic rings. The lowest BCUT2D eigenvalue weighted by atomic mass is 10.1. The Morgan fingerprint density at radius 2 is 1.81 bits per heavy atom. The highest BCUT2D eigenvalue weighted by Gasteiger charge is 2.20. The van der Waals surface area contributed by atoms with Gasteiger partial charge in [-0.1, -0.05) is 35.3 Å². The number of hydrazine groups is 1. The van der Waals surface area contributed by atoms with Crippen LogP contribution in [0.2, 0.25) is 10.0 Å². The average molecular weight is 417 g/mol. The lowest BCUT2D eigenvalue weighted by Crippen LogP contribution is -2.47. The van der Waals surface area contributed by atoms with Crippen molar-refractivity contribution in [3.8, 4) is 5.75 Å². The van der Waals surface area contributed by atoms with Gasteiger partial charge in [-0.3, -0.25) is 10.2 Å². The van der Waals surface area contributed by atoms with Gasteiger partial charge in [-0.25, -0.2) is 8.42 Å². The first-order valence-corrected chi connectivity index (χ1v) is 9.85. The molecule has 1 amide bonds. The molecular formula is C17H18Cl2N2O4S. The summed E-state index contributed by atoms with van der Waals surface area (Å²) in [5.74, 6) is -0.0884. The summed E-state index contributed by atoms with van der Waals surface area (Å²) in [7, 11) is -4.00. The van der Waals surface area contributed by atoms with Crippen molar-refractivity contribution < 1.29 is 17.9 Å². The van der Waals surface area contributed by atoms with E-state index in [2.05, 4.69) is 5.43 Å². The van der Waals surface area contributed by atoms with E-state index < -0.39 is 22.0 Å². The van der Waals surface area contributed by atoms with E-state index in [-0.39, 0.29) is 14.9 Å². The number of aryl methyl sites for hydroxylation is 1. The SMILES string of the molecule is Cc1cccc(O[C@H](C)C(=O)NNS(=O)(=O)c2ccc(Cl)c(Cl)c2)c1C. The molecule has 0 saturated heterocycles. The molecule has 0 aliphatic carbocycles. The van der Waals surface area contributed by atoms with E-state index in [4.69, 9.17) is 27.9 Å². The monoisotopic (exact) mass is 416 g/mol. The van der Waals surface area contributed by atoms with Crippen LogP contribution in [0.1, 0.15) is 18.1 Å².